The molecule has 1 unspecified atom stereocenters. The van der Waals surface area contributed by atoms with Gasteiger partial charge in [0.05, 0.1) is 11.3 Å². The smallest absolute Gasteiger partial charge is 0.407 e. The Hall–Kier alpha value is -4.20. The lowest BCUT2D eigenvalue weighted by Gasteiger charge is -2.17. The Morgan fingerprint density at radius 1 is 0.971 bits per heavy atom. The number of hydrogen-bond acceptors (Lipinski definition) is 4. The number of amides is 2. The minimum atomic E-state index is -1.34. The number of nitrogens with one attached hydrogen (secondary N) is 2. The molecule has 0 saturated carbocycles. The van der Waals surface area contributed by atoms with Crippen molar-refractivity contribution in [3.05, 3.63) is 89.2 Å². The highest BCUT2D eigenvalue weighted by Crippen LogP contribution is 2.44. The lowest BCUT2D eigenvalue weighted by atomic mass is 9.98. The van der Waals surface area contributed by atoms with Crippen LogP contribution < -0.4 is 10.6 Å². The van der Waals surface area contributed by atoms with E-state index in [1.54, 1.807) is 6.92 Å². The largest absolute Gasteiger partial charge is 0.478 e. The molecule has 2 amide bonds. The Morgan fingerprint density at radius 2 is 1.60 bits per heavy atom. The van der Waals surface area contributed by atoms with Gasteiger partial charge in [-0.2, -0.15) is 0 Å². The minimum absolute atomic E-state index is 0.0434. The Bertz CT molecular complexity index is 1230. The van der Waals surface area contributed by atoms with Crippen LogP contribution in [0.1, 0.15) is 47.2 Å². The van der Waals surface area contributed by atoms with Gasteiger partial charge in [0.2, 0.25) is 5.91 Å². The highest BCUT2D eigenvalue weighted by atomic mass is 19.1. The second-order valence-electron chi connectivity index (χ2n) is 8.43. The van der Waals surface area contributed by atoms with E-state index in [2.05, 4.69) is 22.8 Å². The maximum atomic E-state index is 14.0. The number of ether oxygens (including phenoxy) is 1. The van der Waals surface area contributed by atoms with Crippen LogP contribution in [0.3, 0.4) is 0 Å². The second kappa shape index (κ2) is 10.4. The molecule has 35 heavy (non-hydrogen) atoms. The SMILES string of the molecule is CC(CCC(=O)Nc1c(F)cccc1C(=O)O)NC(=O)OCC1c2ccccc2-c2ccccc21. The third kappa shape index (κ3) is 5.32. The van der Waals surface area contributed by atoms with Crippen molar-refractivity contribution in [2.75, 3.05) is 11.9 Å². The molecule has 0 saturated heterocycles. The molecule has 3 aromatic carbocycles. The summed E-state index contributed by atoms with van der Waals surface area (Å²) in [5.41, 5.74) is 3.79. The summed E-state index contributed by atoms with van der Waals surface area (Å²) in [5, 5.41) is 14.2. The van der Waals surface area contributed by atoms with Crippen molar-refractivity contribution < 1.29 is 28.6 Å². The molecule has 0 aliphatic heterocycles. The van der Waals surface area contributed by atoms with Gasteiger partial charge in [0, 0.05) is 18.4 Å². The Balaban J connectivity index is 1.28. The van der Waals surface area contributed by atoms with Crippen molar-refractivity contribution in [2.45, 2.75) is 31.7 Å². The van der Waals surface area contributed by atoms with Crippen LogP contribution in [0.15, 0.2) is 66.7 Å². The summed E-state index contributed by atoms with van der Waals surface area (Å²) in [7, 11) is 0. The van der Waals surface area contributed by atoms with Crippen molar-refractivity contribution in [3.63, 3.8) is 0 Å². The number of aromatic carboxylic acids is 1. The van der Waals surface area contributed by atoms with E-state index in [0.717, 1.165) is 28.3 Å². The van der Waals surface area contributed by atoms with Gasteiger partial charge in [0.15, 0.2) is 0 Å². The highest BCUT2D eigenvalue weighted by Gasteiger charge is 2.29. The summed E-state index contributed by atoms with van der Waals surface area (Å²) >= 11 is 0. The molecule has 0 fully saturated rings. The van der Waals surface area contributed by atoms with E-state index in [1.165, 1.54) is 12.1 Å². The zero-order valence-electron chi connectivity index (χ0n) is 19.1. The Morgan fingerprint density at radius 3 is 2.23 bits per heavy atom. The summed E-state index contributed by atoms with van der Waals surface area (Å²) in [5.74, 6) is -2.79. The first kappa shape index (κ1) is 23.9. The lowest BCUT2D eigenvalue weighted by molar-refractivity contribution is -0.116. The molecule has 0 bridgehead atoms. The predicted octanol–water partition coefficient (Wildman–Crippen LogP) is 5.17. The number of benzene rings is 3. The number of anilines is 1. The average molecular weight is 477 g/mol. The molecular formula is C27H25FN2O5. The molecule has 180 valence electrons. The topological polar surface area (TPSA) is 105 Å². The molecular weight excluding hydrogens is 451 g/mol. The zero-order chi connectivity index (χ0) is 24.9. The number of carboxylic acids is 1. The fourth-order valence-electron chi connectivity index (χ4n) is 4.29. The van der Waals surface area contributed by atoms with Crippen LogP contribution in [0.4, 0.5) is 14.9 Å². The van der Waals surface area contributed by atoms with E-state index in [0.29, 0.717) is 0 Å². The zero-order valence-corrected chi connectivity index (χ0v) is 19.1. The van der Waals surface area contributed by atoms with Gasteiger partial charge in [-0.25, -0.2) is 14.0 Å². The van der Waals surface area contributed by atoms with Crippen LogP contribution in [0.5, 0.6) is 0 Å². The van der Waals surface area contributed by atoms with E-state index < -0.39 is 29.8 Å². The van der Waals surface area contributed by atoms with Crippen molar-refractivity contribution in [3.8, 4) is 11.1 Å². The van der Waals surface area contributed by atoms with Gasteiger partial charge in [0.1, 0.15) is 12.4 Å². The Kier molecular flexibility index (Phi) is 7.10. The number of halogens is 1. The molecule has 7 nitrogen and oxygen atoms in total. The molecule has 3 aromatic rings. The fourth-order valence-corrected chi connectivity index (χ4v) is 4.29. The van der Waals surface area contributed by atoms with Gasteiger partial charge < -0.3 is 20.5 Å². The van der Waals surface area contributed by atoms with Crippen LogP contribution in [0, 0.1) is 5.82 Å². The number of carbonyl (C=O) groups is 3. The van der Waals surface area contributed by atoms with Gasteiger partial charge in [-0.1, -0.05) is 54.6 Å². The van der Waals surface area contributed by atoms with E-state index >= 15 is 0 Å². The minimum Gasteiger partial charge on any atom is -0.478 e. The predicted molar refractivity (Wildman–Crippen MR) is 129 cm³/mol. The van der Waals surface area contributed by atoms with Gasteiger partial charge in [-0.3, -0.25) is 4.79 Å². The van der Waals surface area contributed by atoms with Crippen molar-refractivity contribution >= 4 is 23.7 Å². The number of carboxylic acid groups (broad SMARTS) is 1. The molecule has 1 atom stereocenters. The molecule has 3 N–H and O–H groups in total. The number of alkyl carbamates (subject to hydrolysis) is 1. The number of para-hydroxylation sites is 1. The monoisotopic (exact) mass is 476 g/mol. The molecule has 0 heterocycles. The van der Waals surface area contributed by atoms with E-state index in [9.17, 15) is 23.9 Å². The van der Waals surface area contributed by atoms with Gasteiger partial charge in [-0.15, -0.1) is 0 Å². The van der Waals surface area contributed by atoms with Gasteiger partial charge in [-0.05, 0) is 47.7 Å². The average Bonchev–Trinajstić information content (AvgIpc) is 3.16. The summed E-state index contributed by atoms with van der Waals surface area (Å²) < 4.78 is 19.5. The number of carbonyl (C=O) groups excluding carboxylic acids is 2. The number of rotatable bonds is 8. The summed E-state index contributed by atoms with van der Waals surface area (Å²) in [6.07, 6.45) is -0.382. The second-order valence-corrected chi connectivity index (χ2v) is 8.43. The van der Waals surface area contributed by atoms with E-state index in [4.69, 9.17) is 4.74 Å². The quantitative estimate of drug-likeness (QED) is 0.416. The maximum Gasteiger partial charge on any atom is 0.407 e. The first-order chi connectivity index (χ1) is 16.8. The Labute approximate surface area is 201 Å². The standard InChI is InChI=1S/C27H25FN2O5/c1-16(13-14-24(31)30-25-21(26(32)33)11-6-12-23(25)28)29-27(34)35-15-22-19-9-4-2-7-17(19)18-8-3-5-10-20(18)22/h2-12,16,22H,13-15H2,1H3,(H,29,34)(H,30,31)(H,32,33). The molecule has 1 aliphatic carbocycles. The summed E-state index contributed by atoms with van der Waals surface area (Å²) in [4.78, 5) is 35.9. The lowest BCUT2D eigenvalue weighted by Crippen LogP contribution is -2.34. The van der Waals surface area contributed by atoms with Crippen LogP contribution in [-0.4, -0.2) is 35.7 Å². The van der Waals surface area contributed by atoms with Gasteiger partial charge >= 0.3 is 12.1 Å². The van der Waals surface area contributed by atoms with E-state index in [1.807, 2.05) is 36.4 Å². The molecule has 4 rings (SSSR count). The molecule has 0 aromatic heterocycles. The first-order valence-electron chi connectivity index (χ1n) is 11.3. The molecule has 1 aliphatic rings. The van der Waals surface area contributed by atoms with Gasteiger partial charge in [0.25, 0.3) is 0 Å². The van der Waals surface area contributed by atoms with Crippen LogP contribution in [0.2, 0.25) is 0 Å². The van der Waals surface area contributed by atoms with Crippen LogP contribution >= 0.6 is 0 Å². The molecule has 0 radical (unpaired) electrons. The normalized spacial score (nSPS) is 12.9. The number of fused-ring (bicyclic) bond motifs is 3. The third-order valence-corrected chi connectivity index (χ3v) is 6.02. The van der Waals surface area contributed by atoms with Crippen LogP contribution in [0.25, 0.3) is 11.1 Å². The maximum absolute atomic E-state index is 14.0. The van der Waals surface area contributed by atoms with Crippen molar-refractivity contribution in [1.82, 2.24) is 5.32 Å². The summed E-state index contributed by atoms with van der Waals surface area (Å²) in [6.45, 7) is 1.90. The molecule has 8 heteroatoms. The fraction of sp³-hybridized carbons (Fsp3) is 0.222. The third-order valence-electron chi connectivity index (χ3n) is 6.02. The first-order valence-corrected chi connectivity index (χ1v) is 11.3. The van der Waals surface area contributed by atoms with E-state index in [-0.39, 0.29) is 36.6 Å². The highest BCUT2D eigenvalue weighted by molar-refractivity contribution is 6.00. The van der Waals surface area contributed by atoms with Crippen LogP contribution in [-0.2, 0) is 9.53 Å². The van der Waals surface area contributed by atoms with Crippen molar-refractivity contribution in [2.24, 2.45) is 0 Å². The van der Waals surface area contributed by atoms with Crippen molar-refractivity contribution in [1.29, 1.82) is 0 Å². The summed E-state index contributed by atoms with van der Waals surface area (Å²) in [6, 6.07) is 19.2. The molecule has 0 spiro atoms. The number of hydrogen-bond donors (Lipinski definition) is 3.